The van der Waals surface area contributed by atoms with Crippen LogP contribution in [0.3, 0.4) is 0 Å². The van der Waals surface area contributed by atoms with Crippen molar-refractivity contribution in [1.82, 2.24) is 15.1 Å². The van der Waals surface area contributed by atoms with Gasteiger partial charge in [-0.15, -0.1) is 0 Å². The van der Waals surface area contributed by atoms with E-state index < -0.39 is 0 Å². The molecule has 1 aliphatic carbocycles. The van der Waals surface area contributed by atoms with Crippen LogP contribution in [0, 0.1) is 5.92 Å². The zero-order valence-corrected chi connectivity index (χ0v) is 14.6. The Bertz CT molecular complexity index is 451. The Morgan fingerprint density at radius 2 is 1.79 bits per heavy atom. The van der Waals surface area contributed by atoms with E-state index in [-0.39, 0.29) is 30.6 Å². The molecular formula is C18H31N3O3. The first-order valence-electron chi connectivity index (χ1n) is 9.66. The zero-order chi connectivity index (χ0) is 16.9. The molecule has 0 bridgehead atoms. The van der Waals surface area contributed by atoms with Crippen molar-refractivity contribution in [3.8, 4) is 0 Å². The van der Waals surface area contributed by atoms with Crippen LogP contribution in [0.1, 0.15) is 57.8 Å². The maximum Gasteiger partial charge on any atom is 0.317 e. The lowest BCUT2D eigenvalue weighted by Crippen LogP contribution is -2.48. The van der Waals surface area contributed by atoms with E-state index in [1.165, 1.54) is 19.3 Å². The highest BCUT2D eigenvalue weighted by Crippen LogP contribution is 2.27. The Morgan fingerprint density at radius 3 is 2.54 bits per heavy atom. The van der Waals surface area contributed by atoms with Crippen LogP contribution < -0.4 is 5.32 Å². The SMILES string of the molecule is O=C(C1CCCCC1)N1CCC(NC(=O)N2CCCC2CCO)C1. The lowest BCUT2D eigenvalue weighted by Gasteiger charge is -2.27. The average molecular weight is 337 g/mol. The number of urea groups is 1. The second-order valence-electron chi connectivity index (χ2n) is 7.56. The minimum atomic E-state index is -0.0251. The Morgan fingerprint density at radius 1 is 1.00 bits per heavy atom. The number of hydrogen-bond acceptors (Lipinski definition) is 3. The van der Waals surface area contributed by atoms with Crippen molar-refractivity contribution >= 4 is 11.9 Å². The van der Waals surface area contributed by atoms with Gasteiger partial charge in [0.05, 0.1) is 0 Å². The lowest BCUT2D eigenvalue weighted by molar-refractivity contribution is -0.135. The van der Waals surface area contributed by atoms with Crippen LogP contribution in [0.4, 0.5) is 4.79 Å². The Kier molecular flexibility index (Phi) is 5.98. The van der Waals surface area contributed by atoms with Gasteiger partial charge in [-0.3, -0.25) is 4.79 Å². The van der Waals surface area contributed by atoms with Crippen molar-refractivity contribution in [3.63, 3.8) is 0 Å². The van der Waals surface area contributed by atoms with Crippen molar-refractivity contribution < 1.29 is 14.7 Å². The van der Waals surface area contributed by atoms with Crippen LogP contribution in [0.2, 0.25) is 0 Å². The number of hydrogen-bond donors (Lipinski definition) is 2. The topological polar surface area (TPSA) is 72.9 Å². The quantitative estimate of drug-likeness (QED) is 0.820. The number of rotatable bonds is 4. The first-order chi connectivity index (χ1) is 11.7. The van der Waals surface area contributed by atoms with Crippen LogP contribution in [0.25, 0.3) is 0 Å². The fourth-order valence-corrected chi connectivity index (χ4v) is 4.50. The highest BCUT2D eigenvalue weighted by Gasteiger charge is 2.34. The highest BCUT2D eigenvalue weighted by atomic mass is 16.3. The van der Waals surface area contributed by atoms with Gasteiger partial charge < -0.3 is 20.2 Å². The molecule has 2 unspecified atom stereocenters. The van der Waals surface area contributed by atoms with Gasteiger partial charge in [0.25, 0.3) is 0 Å². The molecule has 136 valence electrons. The third-order valence-electron chi connectivity index (χ3n) is 5.88. The molecule has 0 radical (unpaired) electrons. The number of nitrogens with one attached hydrogen (secondary N) is 1. The number of nitrogens with zero attached hydrogens (tertiary/aromatic N) is 2. The van der Waals surface area contributed by atoms with Gasteiger partial charge in [0.1, 0.15) is 0 Å². The summed E-state index contributed by atoms with van der Waals surface area (Å²) < 4.78 is 0. The van der Waals surface area contributed by atoms with Gasteiger partial charge in [0.15, 0.2) is 0 Å². The molecule has 2 N–H and O–H groups in total. The van der Waals surface area contributed by atoms with Gasteiger partial charge in [-0.2, -0.15) is 0 Å². The molecule has 6 nitrogen and oxygen atoms in total. The standard InChI is InChI=1S/C18H31N3O3/c22-12-9-16-7-4-10-21(16)18(24)19-15-8-11-20(13-15)17(23)14-5-2-1-3-6-14/h14-16,22H,1-13H2,(H,19,24). The van der Waals surface area contributed by atoms with Crippen LogP contribution in [0.15, 0.2) is 0 Å². The summed E-state index contributed by atoms with van der Waals surface area (Å²) in [6.45, 7) is 2.31. The van der Waals surface area contributed by atoms with Gasteiger partial charge >= 0.3 is 6.03 Å². The number of carbonyl (C=O) groups is 2. The van der Waals surface area contributed by atoms with Gasteiger partial charge in [0.2, 0.25) is 5.91 Å². The molecule has 2 aliphatic heterocycles. The van der Waals surface area contributed by atoms with E-state index in [4.69, 9.17) is 5.11 Å². The number of likely N-dealkylation sites (tertiary alicyclic amines) is 2. The molecule has 3 rings (SSSR count). The van der Waals surface area contributed by atoms with Crippen molar-refractivity contribution in [1.29, 1.82) is 0 Å². The second-order valence-corrected chi connectivity index (χ2v) is 7.56. The highest BCUT2D eigenvalue weighted by molar-refractivity contribution is 5.80. The summed E-state index contributed by atoms with van der Waals surface area (Å²) in [6.07, 6.45) is 9.16. The van der Waals surface area contributed by atoms with Crippen LogP contribution in [0.5, 0.6) is 0 Å². The summed E-state index contributed by atoms with van der Waals surface area (Å²) in [5.74, 6) is 0.506. The van der Waals surface area contributed by atoms with E-state index in [1.54, 1.807) is 0 Å². The summed E-state index contributed by atoms with van der Waals surface area (Å²) in [5, 5.41) is 12.2. The third-order valence-corrected chi connectivity index (χ3v) is 5.88. The van der Waals surface area contributed by atoms with E-state index in [0.29, 0.717) is 18.9 Å². The van der Waals surface area contributed by atoms with Crippen molar-refractivity contribution in [2.24, 2.45) is 5.92 Å². The monoisotopic (exact) mass is 337 g/mol. The first-order valence-corrected chi connectivity index (χ1v) is 9.66. The molecule has 3 aliphatic rings. The van der Waals surface area contributed by atoms with Crippen LogP contribution in [-0.2, 0) is 4.79 Å². The molecule has 2 saturated heterocycles. The first kappa shape index (κ1) is 17.5. The average Bonchev–Trinajstić information content (AvgIpc) is 3.25. The summed E-state index contributed by atoms with van der Waals surface area (Å²) in [5.41, 5.74) is 0. The molecule has 2 atom stereocenters. The predicted octanol–water partition coefficient (Wildman–Crippen LogP) is 1.72. The van der Waals surface area contributed by atoms with E-state index in [9.17, 15) is 9.59 Å². The Labute approximate surface area is 144 Å². The van der Waals surface area contributed by atoms with Crippen LogP contribution in [-0.4, -0.2) is 65.2 Å². The van der Waals surface area contributed by atoms with E-state index >= 15 is 0 Å². The van der Waals surface area contributed by atoms with Crippen LogP contribution >= 0.6 is 0 Å². The Balaban J connectivity index is 1.47. The minimum Gasteiger partial charge on any atom is -0.396 e. The summed E-state index contributed by atoms with van der Waals surface area (Å²) >= 11 is 0. The number of carbonyl (C=O) groups excluding carboxylic acids is 2. The molecule has 3 amide bonds. The summed E-state index contributed by atoms with van der Waals surface area (Å²) in [6, 6.07) is 0.208. The molecule has 0 aromatic rings. The smallest absolute Gasteiger partial charge is 0.317 e. The molecular weight excluding hydrogens is 306 g/mol. The molecule has 3 fully saturated rings. The van der Waals surface area contributed by atoms with Crippen molar-refractivity contribution in [2.45, 2.75) is 69.9 Å². The number of amides is 3. The Hall–Kier alpha value is -1.30. The van der Waals surface area contributed by atoms with Crippen molar-refractivity contribution in [3.05, 3.63) is 0 Å². The number of aliphatic hydroxyl groups excluding tert-OH is 1. The van der Waals surface area contributed by atoms with E-state index in [0.717, 1.165) is 45.2 Å². The van der Waals surface area contributed by atoms with Crippen molar-refractivity contribution in [2.75, 3.05) is 26.2 Å². The minimum absolute atomic E-state index is 0.0251. The molecule has 0 aromatic carbocycles. The zero-order valence-electron chi connectivity index (χ0n) is 14.6. The molecule has 0 spiro atoms. The molecule has 0 aromatic heterocycles. The van der Waals surface area contributed by atoms with Gasteiger partial charge in [-0.25, -0.2) is 4.79 Å². The van der Waals surface area contributed by atoms with Gasteiger partial charge in [-0.1, -0.05) is 19.3 Å². The fraction of sp³-hybridized carbons (Fsp3) is 0.889. The maximum atomic E-state index is 12.6. The van der Waals surface area contributed by atoms with Gasteiger partial charge in [-0.05, 0) is 38.5 Å². The van der Waals surface area contributed by atoms with Gasteiger partial charge in [0, 0.05) is 44.2 Å². The molecule has 24 heavy (non-hydrogen) atoms. The normalized spacial score (nSPS) is 28.4. The second kappa shape index (κ2) is 8.19. The maximum absolute atomic E-state index is 12.6. The molecule has 1 saturated carbocycles. The number of aliphatic hydroxyl groups is 1. The predicted molar refractivity (Wildman–Crippen MR) is 91.5 cm³/mol. The summed E-state index contributed by atoms with van der Waals surface area (Å²) in [4.78, 5) is 28.9. The molecule has 2 heterocycles. The van der Waals surface area contributed by atoms with E-state index in [1.807, 2.05) is 9.80 Å². The fourth-order valence-electron chi connectivity index (χ4n) is 4.50. The largest absolute Gasteiger partial charge is 0.396 e. The lowest BCUT2D eigenvalue weighted by atomic mass is 9.88. The third kappa shape index (κ3) is 4.02. The molecule has 6 heteroatoms. The van der Waals surface area contributed by atoms with E-state index in [2.05, 4.69) is 5.32 Å². The summed E-state index contributed by atoms with van der Waals surface area (Å²) in [7, 11) is 0.